The topological polar surface area (TPSA) is 72.9 Å². The van der Waals surface area contributed by atoms with Gasteiger partial charge in [-0.25, -0.2) is 9.18 Å². The lowest BCUT2D eigenvalue weighted by atomic mass is 10.1. The Kier molecular flexibility index (Phi) is 7.14. The third-order valence-electron chi connectivity index (χ3n) is 4.94. The van der Waals surface area contributed by atoms with E-state index < -0.39 is 17.7 Å². The first-order chi connectivity index (χ1) is 16.4. The third kappa shape index (κ3) is 5.05. The monoisotopic (exact) mass is 541 g/mol. The average Bonchev–Trinajstić information content (AvgIpc) is 3.08. The van der Waals surface area contributed by atoms with Crippen molar-refractivity contribution in [1.82, 2.24) is 4.90 Å². The number of nitrogens with zero attached hydrogens (tertiary/aromatic N) is 1. The van der Waals surface area contributed by atoms with E-state index in [2.05, 4.69) is 15.9 Å². The molecule has 1 aliphatic heterocycles. The standard InChI is InChI=1S/C25H17BrFNO5S/c1-32-21-12-15(10-11-20(21)33-24(30)17-7-3-5-9-19(17)27)13-22-23(29)28(25(31)34-22)14-16-6-2-4-8-18(16)26/h2-13H,14H2,1H3/b22-13-. The molecule has 0 aromatic heterocycles. The number of methoxy groups -OCH3 is 1. The molecular formula is C25H17BrFNO5S. The largest absolute Gasteiger partial charge is 0.493 e. The molecular weight excluding hydrogens is 525 g/mol. The van der Waals surface area contributed by atoms with Crippen LogP contribution in [0.1, 0.15) is 21.5 Å². The predicted molar refractivity (Wildman–Crippen MR) is 130 cm³/mol. The molecule has 9 heteroatoms. The summed E-state index contributed by atoms with van der Waals surface area (Å²) in [5, 5.41) is -0.366. The molecule has 1 heterocycles. The quantitative estimate of drug-likeness (QED) is 0.215. The number of esters is 1. The molecule has 0 unspecified atom stereocenters. The molecule has 1 fully saturated rings. The number of hydrogen-bond donors (Lipinski definition) is 0. The summed E-state index contributed by atoms with van der Waals surface area (Å²) in [5.74, 6) is -1.65. The highest BCUT2D eigenvalue weighted by Gasteiger charge is 2.35. The highest BCUT2D eigenvalue weighted by atomic mass is 79.9. The highest BCUT2D eigenvalue weighted by molar-refractivity contribution is 9.10. The van der Waals surface area contributed by atoms with Crippen molar-refractivity contribution in [3.05, 3.63) is 98.6 Å². The van der Waals surface area contributed by atoms with E-state index in [0.717, 1.165) is 21.8 Å². The Morgan fingerprint density at radius 3 is 2.53 bits per heavy atom. The maximum absolute atomic E-state index is 13.9. The molecule has 0 radical (unpaired) electrons. The van der Waals surface area contributed by atoms with Crippen molar-refractivity contribution in [1.29, 1.82) is 0 Å². The summed E-state index contributed by atoms with van der Waals surface area (Å²) in [6, 6.07) is 17.5. The molecule has 0 aliphatic carbocycles. The van der Waals surface area contributed by atoms with Crippen LogP contribution < -0.4 is 9.47 Å². The average molecular weight is 542 g/mol. The number of carbonyl (C=O) groups is 3. The van der Waals surface area contributed by atoms with Crippen molar-refractivity contribution in [2.24, 2.45) is 0 Å². The second-order valence-electron chi connectivity index (χ2n) is 7.14. The van der Waals surface area contributed by atoms with E-state index in [1.54, 1.807) is 18.2 Å². The van der Waals surface area contributed by atoms with Crippen molar-refractivity contribution in [3.63, 3.8) is 0 Å². The van der Waals surface area contributed by atoms with E-state index in [1.165, 1.54) is 42.3 Å². The lowest BCUT2D eigenvalue weighted by molar-refractivity contribution is -0.123. The van der Waals surface area contributed by atoms with Gasteiger partial charge >= 0.3 is 5.97 Å². The Labute approximate surface area is 207 Å². The molecule has 0 bridgehead atoms. The van der Waals surface area contributed by atoms with Crippen LogP contribution in [-0.2, 0) is 11.3 Å². The van der Waals surface area contributed by atoms with Crippen LogP contribution in [0.2, 0.25) is 0 Å². The molecule has 6 nitrogen and oxygen atoms in total. The molecule has 34 heavy (non-hydrogen) atoms. The molecule has 2 amide bonds. The summed E-state index contributed by atoms with van der Waals surface area (Å²) < 4.78 is 25.3. The Hall–Kier alpha value is -3.43. The van der Waals surface area contributed by atoms with Crippen LogP contribution in [0.15, 0.2) is 76.1 Å². The van der Waals surface area contributed by atoms with Gasteiger partial charge in [0.15, 0.2) is 11.5 Å². The summed E-state index contributed by atoms with van der Waals surface area (Å²) in [4.78, 5) is 39.1. The number of halogens is 2. The first kappa shape index (κ1) is 23.7. The summed E-state index contributed by atoms with van der Waals surface area (Å²) in [5.41, 5.74) is 1.18. The number of amides is 2. The number of benzene rings is 3. The third-order valence-corrected chi connectivity index (χ3v) is 6.62. The van der Waals surface area contributed by atoms with Gasteiger partial charge in [-0.3, -0.25) is 14.5 Å². The minimum absolute atomic E-state index is 0.0925. The number of imide groups is 1. The fourth-order valence-corrected chi connectivity index (χ4v) is 4.47. The van der Waals surface area contributed by atoms with Gasteiger partial charge in [0.1, 0.15) is 5.82 Å². The minimum Gasteiger partial charge on any atom is -0.493 e. The molecule has 1 aliphatic rings. The molecule has 0 atom stereocenters. The number of thioether (sulfide) groups is 1. The summed E-state index contributed by atoms with van der Waals surface area (Å²) >= 11 is 4.27. The molecule has 1 saturated heterocycles. The smallest absolute Gasteiger partial charge is 0.346 e. The number of ether oxygens (including phenoxy) is 2. The fourth-order valence-electron chi connectivity index (χ4n) is 3.22. The van der Waals surface area contributed by atoms with Crippen LogP contribution in [0.5, 0.6) is 11.5 Å². The van der Waals surface area contributed by atoms with Crippen LogP contribution in [-0.4, -0.2) is 29.1 Å². The molecule has 4 rings (SSSR count). The lowest BCUT2D eigenvalue weighted by Gasteiger charge is -2.13. The second kappa shape index (κ2) is 10.2. The summed E-state index contributed by atoms with van der Waals surface area (Å²) in [6.07, 6.45) is 1.57. The van der Waals surface area contributed by atoms with E-state index in [-0.39, 0.29) is 33.8 Å². The second-order valence-corrected chi connectivity index (χ2v) is 8.99. The summed E-state index contributed by atoms with van der Waals surface area (Å²) in [6.45, 7) is 0.150. The maximum Gasteiger partial charge on any atom is 0.346 e. The van der Waals surface area contributed by atoms with Crippen LogP contribution in [0.25, 0.3) is 6.08 Å². The van der Waals surface area contributed by atoms with Crippen LogP contribution in [0.4, 0.5) is 9.18 Å². The minimum atomic E-state index is -0.864. The van der Waals surface area contributed by atoms with Crippen molar-refractivity contribution in [3.8, 4) is 11.5 Å². The van der Waals surface area contributed by atoms with Gasteiger partial charge in [-0.15, -0.1) is 0 Å². The Bertz CT molecular complexity index is 1330. The normalized spacial score (nSPS) is 14.6. The first-order valence-corrected chi connectivity index (χ1v) is 11.6. The zero-order valence-electron chi connectivity index (χ0n) is 17.8. The number of hydrogen-bond acceptors (Lipinski definition) is 6. The fraction of sp³-hybridized carbons (Fsp3) is 0.0800. The van der Waals surface area contributed by atoms with E-state index in [9.17, 15) is 18.8 Å². The molecule has 0 spiro atoms. The first-order valence-electron chi connectivity index (χ1n) is 10.0. The molecule has 3 aromatic rings. The van der Waals surface area contributed by atoms with E-state index in [1.807, 2.05) is 24.3 Å². The lowest BCUT2D eigenvalue weighted by Crippen LogP contribution is -2.27. The van der Waals surface area contributed by atoms with Gasteiger partial charge in [-0.1, -0.05) is 52.3 Å². The predicted octanol–water partition coefficient (Wildman–Crippen LogP) is 6.05. The van der Waals surface area contributed by atoms with Crippen LogP contribution in [0, 0.1) is 5.82 Å². The zero-order valence-corrected chi connectivity index (χ0v) is 20.2. The van der Waals surface area contributed by atoms with E-state index >= 15 is 0 Å². The van der Waals surface area contributed by atoms with Crippen molar-refractivity contribution < 1.29 is 28.2 Å². The van der Waals surface area contributed by atoms with Crippen molar-refractivity contribution >= 4 is 50.9 Å². The van der Waals surface area contributed by atoms with E-state index in [0.29, 0.717) is 5.56 Å². The van der Waals surface area contributed by atoms with Gasteiger partial charge in [-0.05, 0) is 59.3 Å². The van der Waals surface area contributed by atoms with Gasteiger partial charge in [-0.2, -0.15) is 0 Å². The highest BCUT2D eigenvalue weighted by Crippen LogP contribution is 2.36. The van der Waals surface area contributed by atoms with Gasteiger partial charge < -0.3 is 9.47 Å². The molecule has 172 valence electrons. The van der Waals surface area contributed by atoms with Crippen LogP contribution >= 0.6 is 27.7 Å². The van der Waals surface area contributed by atoms with Crippen molar-refractivity contribution in [2.45, 2.75) is 6.54 Å². The number of rotatable bonds is 6. The number of carbonyl (C=O) groups excluding carboxylic acids is 3. The van der Waals surface area contributed by atoms with Gasteiger partial charge in [0.05, 0.1) is 24.1 Å². The zero-order chi connectivity index (χ0) is 24.2. The Balaban J connectivity index is 1.53. The van der Waals surface area contributed by atoms with E-state index in [4.69, 9.17) is 9.47 Å². The molecule has 0 saturated carbocycles. The van der Waals surface area contributed by atoms with Gasteiger partial charge in [0.2, 0.25) is 0 Å². The summed E-state index contributed by atoms with van der Waals surface area (Å²) in [7, 11) is 1.39. The Morgan fingerprint density at radius 2 is 1.79 bits per heavy atom. The maximum atomic E-state index is 13.9. The molecule has 3 aromatic carbocycles. The molecule has 0 N–H and O–H groups in total. The van der Waals surface area contributed by atoms with Gasteiger partial charge in [0, 0.05) is 4.47 Å². The SMILES string of the molecule is COc1cc(/C=C2\SC(=O)N(Cc3ccccc3Br)C2=O)ccc1OC(=O)c1ccccc1F. The van der Waals surface area contributed by atoms with Crippen LogP contribution in [0.3, 0.4) is 0 Å². The van der Waals surface area contributed by atoms with Gasteiger partial charge in [0.25, 0.3) is 11.1 Å². The van der Waals surface area contributed by atoms with Crippen molar-refractivity contribution in [2.75, 3.05) is 7.11 Å². The Morgan fingerprint density at radius 1 is 1.06 bits per heavy atom.